The van der Waals surface area contributed by atoms with E-state index in [4.69, 9.17) is 27.2 Å². The number of carbonyl (C=O) groups is 2. The van der Waals surface area contributed by atoms with Crippen LogP contribution < -0.4 is 9.64 Å². The first-order valence-electron chi connectivity index (χ1n) is 8.35. The Morgan fingerprint density at radius 2 is 1.96 bits per heavy atom. The zero-order valence-electron chi connectivity index (χ0n) is 15.3. The highest BCUT2D eigenvalue weighted by atomic mass is 32.2. The van der Waals surface area contributed by atoms with Crippen molar-refractivity contribution < 1.29 is 24.5 Å². The first kappa shape index (κ1) is 21.5. The lowest BCUT2D eigenvalue weighted by Gasteiger charge is -2.14. The smallest absolute Gasteiger partial charge is 0.335 e. The molecule has 1 heterocycles. The second kappa shape index (κ2) is 9.91. The number of allylic oxidation sites excluding steroid dienone is 1. The fraction of sp³-hybridized carbons (Fsp3) is 0.150. The third-order valence-corrected chi connectivity index (χ3v) is 4.99. The van der Waals surface area contributed by atoms with Gasteiger partial charge in [0.25, 0.3) is 5.91 Å². The monoisotopic (exact) mass is 417 g/mol. The van der Waals surface area contributed by atoms with E-state index in [2.05, 4.69) is 0 Å². The van der Waals surface area contributed by atoms with Crippen molar-refractivity contribution in [3.63, 3.8) is 0 Å². The highest BCUT2D eigenvalue weighted by Gasteiger charge is 2.32. The minimum Gasteiger partial charge on any atom is -0.504 e. The molecule has 0 spiro atoms. The maximum Gasteiger partial charge on any atom is 0.335 e. The van der Waals surface area contributed by atoms with Gasteiger partial charge in [0.15, 0.2) is 15.8 Å². The molecular formula is C20H19NO5S2. The van der Waals surface area contributed by atoms with Gasteiger partial charge < -0.3 is 14.9 Å². The fourth-order valence-electron chi connectivity index (χ4n) is 2.29. The van der Waals surface area contributed by atoms with Gasteiger partial charge >= 0.3 is 5.97 Å². The third kappa shape index (κ3) is 5.11. The zero-order chi connectivity index (χ0) is 20.7. The van der Waals surface area contributed by atoms with E-state index in [0.29, 0.717) is 27.3 Å². The molecule has 1 fully saturated rings. The predicted molar refractivity (Wildman–Crippen MR) is 114 cm³/mol. The quantitative estimate of drug-likeness (QED) is 0.561. The lowest BCUT2D eigenvalue weighted by molar-refractivity contribution is -0.113. The molecule has 1 amide bonds. The number of amides is 1. The second-order valence-electron chi connectivity index (χ2n) is 5.42. The topological polar surface area (TPSA) is 87.1 Å². The van der Waals surface area contributed by atoms with Crippen LogP contribution in [-0.4, -0.2) is 33.0 Å². The fourth-order valence-corrected chi connectivity index (χ4v) is 3.52. The van der Waals surface area contributed by atoms with Crippen LogP contribution in [0.2, 0.25) is 0 Å². The van der Waals surface area contributed by atoms with E-state index in [-0.39, 0.29) is 17.2 Å². The van der Waals surface area contributed by atoms with Gasteiger partial charge in [-0.05, 0) is 44.2 Å². The molecule has 1 saturated heterocycles. The maximum atomic E-state index is 12.0. The number of phenolic OH excluding ortho intramolecular Hbond substituents is 1. The number of ether oxygens (including phenoxy) is 1. The molecule has 0 unspecified atom stereocenters. The summed E-state index contributed by atoms with van der Waals surface area (Å²) < 4.78 is 5.50. The van der Waals surface area contributed by atoms with E-state index in [0.717, 1.165) is 0 Å². The second-order valence-corrected chi connectivity index (χ2v) is 7.09. The highest BCUT2D eigenvalue weighted by molar-refractivity contribution is 8.27. The summed E-state index contributed by atoms with van der Waals surface area (Å²) in [6.45, 7) is 4.23. The van der Waals surface area contributed by atoms with Crippen molar-refractivity contribution >= 4 is 45.9 Å². The van der Waals surface area contributed by atoms with Gasteiger partial charge in [0.2, 0.25) is 0 Å². The van der Waals surface area contributed by atoms with Crippen molar-refractivity contribution in [2.45, 2.75) is 13.8 Å². The minimum absolute atomic E-state index is 0.127. The van der Waals surface area contributed by atoms with Crippen molar-refractivity contribution in [1.82, 2.24) is 0 Å². The number of anilines is 1. The molecular weight excluding hydrogens is 398 g/mol. The Kier molecular flexibility index (Phi) is 7.60. The Hall–Kier alpha value is -2.84. The standard InChI is InChI=1S/C12H9NO3S2.C8H10O2/c1-2-9-10(14)13(12(17)18-9)8-5-3-4-7(6-8)11(15)16;1-2-10-8-6-4-3-5-7(8)9/h2-6H,1H3,(H,15,16);3-6,9H,2H2,1H3/b9-2-;. The number of carboxylic acid groups (broad SMARTS) is 1. The van der Waals surface area contributed by atoms with E-state index in [1.54, 1.807) is 43.3 Å². The summed E-state index contributed by atoms with van der Waals surface area (Å²) in [5, 5.41) is 18.0. The predicted octanol–water partition coefficient (Wildman–Crippen LogP) is 4.44. The van der Waals surface area contributed by atoms with Crippen molar-refractivity contribution in [1.29, 1.82) is 0 Å². The minimum atomic E-state index is -1.03. The Bertz CT molecular complexity index is 926. The van der Waals surface area contributed by atoms with Crippen LogP contribution in [0.5, 0.6) is 11.5 Å². The number of carbonyl (C=O) groups excluding carboxylic acids is 1. The molecule has 28 heavy (non-hydrogen) atoms. The van der Waals surface area contributed by atoms with Gasteiger partial charge in [-0.25, -0.2) is 4.79 Å². The SMILES string of the molecule is C/C=C1\SC(=S)N(c2cccc(C(=O)O)c2)C1=O.CCOc1ccccc1O. The molecule has 3 rings (SSSR count). The first-order chi connectivity index (χ1) is 13.4. The van der Waals surface area contributed by atoms with Gasteiger partial charge in [-0.3, -0.25) is 9.69 Å². The molecule has 8 heteroatoms. The number of aromatic carboxylic acids is 1. The number of hydrogen-bond acceptors (Lipinski definition) is 6. The molecule has 146 valence electrons. The third-order valence-electron chi connectivity index (χ3n) is 3.57. The van der Waals surface area contributed by atoms with E-state index < -0.39 is 5.97 Å². The van der Waals surface area contributed by atoms with Crippen LogP contribution >= 0.6 is 24.0 Å². The number of aromatic hydroxyl groups is 1. The summed E-state index contributed by atoms with van der Waals surface area (Å²) >= 11 is 6.34. The molecule has 0 radical (unpaired) electrons. The van der Waals surface area contributed by atoms with Gasteiger partial charge in [-0.15, -0.1) is 0 Å². The number of thiocarbonyl (C=S) groups is 1. The lowest BCUT2D eigenvalue weighted by atomic mass is 10.2. The molecule has 0 atom stereocenters. The molecule has 0 saturated carbocycles. The van der Waals surface area contributed by atoms with Gasteiger partial charge in [-0.1, -0.05) is 48.3 Å². The Morgan fingerprint density at radius 3 is 2.54 bits per heavy atom. The maximum absolute atomic E-state index is 12.0. The van der Waals surface area contributed by atoms with Crippen molar-refractivity contribution in [2.24, 2.45) is 0 Å². The Labute approximate surface area is 172 Å². The average molecular weight is 418 g/mol. The van der Waals surface area contributed by atoms with Crippen LogP contribution in [0, 0.1) is 0 Å². The van der Waals surface area contributed by atoms with Gasteiger partial charge in [0, 0.05) is 0 Å². The van der Waals surface area contributed by atoms with E-state index in [1.165, 1.54) is 28.8 Å². The average Bonchev–Trinajstić information content (AvgIpc) is 2.98. The van der Waals surface area contributed by atoms with Crippen LogP contribution in [0.3, 0.4) is 0 Å². The summed E-state index contributed by atoms with van der Waals surface area (Å²) in [6, 6.07) is 13.1. The number of para-hydroxylation sites is 2. The molecule has 2 aromatic rings. The van der Waals surface area contributed by atoms with Gasteiger partial charge in [-0.2, -0.15) is 0 Å². The zero-order valence-corrected chi connectivity index (χ0v) is 16.9. The van der Waals surface area contributed by atoms with E-state index in [9.17, 15) is 9.59 Å². The van der Waals surface area contributed by atoms with Crippen LogP contribution in [0.1, 0.15) is 24.2 Å². The number of nitrogens with zero attached hydrogens (tertiary/aromatic N) is 1. The Balaban J connectivity index is 0.000000237. The summed E-state index contributed by atoms with van der Waals surface area (Å²) in [5.41, 5.74) is 0.608. The van der Waals surface area contributed by atoms with Gasteiger partial charge in [0.1, 0.15) is 0 Å². The molecule has 0 aromatic heterocycles. The molecule has 6 nitrogen and oxygen atoms in total. The molecule has 0 bridgehead atoms. The van der Waals surface area contributed by atoms with Crippen LogP contribution in [0.15, 0.2) is 59.5 Å². The van der Waals surface area contributed by atoms with Crippen molar-refractivity contribution in [2.75, 3.05) is 11.5 Å². The Morgan fingerprint density at radius 1 is 1.25 bits per heavy atom. The number of carboxylic acids is 1. The normalized spacial score (nSPS) is 14.6. The number of hydrogen-bond donors (Lipinski definition) is 2. The molecule has 0 aliphatic carbocycles. The molecule has 1 aliphatic heterocycles. The van der Waals surface area contributed by atoms with Gasteiger partial charge in [0.05, 0.1) is 22.8 Å². The summed E-state index contributed by atoms with van der Waals surface area (Å²) in [6.07, 6.45) is 1.69. The van der Waals surface area contributed by atoms with Crippen molar-refractivity contribution in [3.8, 4) is 11.5 Å². The number of benzene rings is 2. The number of phenols is 1. The van der Waals surface area contributed by atoms with Crippen LogP contribution in [0.4, 0.5) is 5.69 Å². The number of rotatable bonds is 4. The number of thioether (sulfide) groups is 1. The van der Waals surface area contributed by atoms with Crippen LogP contribution in [-0.2, 0) is 4.79 Å². The summed E-state index contributed by atoms with van der Waals surface area (Å²) in [4.78, 5) is 24.8. The van der Waals surface area contributed by atoms with Crippen molar-refractivity contribution in [3.05, 3.63) is 65.1 Å². The van der Waals surface area contributed by atoms with E-state index in [1.807, 2.05) is 13.0 Å². The molecule has 2 aromatic carbocycles. The first-order valence-corrected chi connectivity index (χ1v) is 9.58. The molecule has 2 N–H and O–H groups in total. The van der Waals surface area contributed by atoms with Crippen LogP contribution in [0.25, 0.3) is 0 Å². The lowest BCUT2D eigenvalue weighted by Crippen LogP contribution is -2.27. The summed E-state index contributed by atoms with van der Waals surface area (Å²) in [5.74, 6) is -0.502. The summed E-state index contributed by atoms with van der Waals surface area (Å²) in [7, 11) is 0. The highest BCUT2D eigenvalue weighted by Crippen LogP contribution is 2.34. The largest absolute Gasteiger partial charge is 0.504 e. The van der Waals surface area contributed by atoms with E-state index >= 15 is 0 Å². The molecule has 1 aliphatic rings.